The number of rotatable bonds is 5. The molecule has 32 heavy (non-hydrogen) atoms. The molecule has 0 radical (unpaired) electrons. The molecule has 0 bridgehead atoms. The minimum absolute atomic E-state index is 0.0104. The molecule has 0 saturated carbocycles. The predicted octanol–water partition coefficient (Wildman–Crippen LogP) is 5.87. The largest absolute Gasteiger partial charge is 0.484 e. The highest BCUT2D eigenvalue weighted by Crippen LogP contribution is 2.43. The molecule has 1 saturated heterocycles. The Morgan fingerprint density at radius 3 is 2.72 bits per heavy atom. The van der Waals surface area contributed by atoms with Gasteiger partial charge in [0.15, 0.2) is 6.61 Å². The summed E-state index contributed by atoms with van der Waals surface area (Å²) in [6.07, 6.45) is 6.05. The van der Waals surface area contributed by atoms with Gasteiger partial charge in [-0.25, -0.2) is 4.39 Å². The molecule has 2 aliphatic heterocycles. The number of thioether (sulfide) groups is 2. The summed E-state index contributed by atoms with van der Waals surface area (Å²) in [4.78, 5) is 17.6. The number of halogens is 1. The lowest BCUT2D eigenvalue weighted by atomic mass is 9.99. The van der Waals surface area contributed by atoms with Crippen molar-refractivity contribution in [3.05, 3.63) is 71.7 Å². The molecule has 0 unspecified atom stereocenters. The third-order valence-corrected chi connectivity index (χ3v) is 8.91. The van der Waals surface area contributed by atoms with Crippen molar-refractivity contribution < 1.29 is 13.9 Å². The first kappa shape index (κ1) is 21.5. The second kappa shape index (κ2) is 9.63. The molecule has 7 heteroatoms. The summed E-state index contributed by atoms with van der Waals surface area (Å²) in [5, 5.41) is 1.01. The highest BCUT2D eigenvalue weighted by atomic mass is 32.2. The van der Waals surface area contributed by atoms with Crippen molar-refractivity contribution in [3.63, 3.8) is 0 Å². The maximum Gasteiger partial charge on any atom is 0.260 e. The molecular weight excluding hydrogens is 443 g/mol. The second-order valence-electron chi connectivity index (χ2n) is 8.00. The van der Waals surface area contributed by atoms with E-state index in [-0.39, 0.29) is 18.3 Å². The van der Waals surface area contributed by atoms with E-state index in [0.717, 1.165) is 28.6 Å². The Hall–Kier alpha value is -2.38. The lowest BCUT2D eigenvalue weighted by Gasteiger charge is -2.26. The predicted molar refractivity (Wildman–Crippen MR) is 132 cm³/mol. The first-order valence-electron chi connectivity index (χ1n) is 10.9. The summed E-state index contributed by atoms with van der Waals surface area (Å²) in [6.45, 7) is 1.25. The Morgan fingerprint density at radius 2 is 1.97 bits per heavy atom. The van der Waals surface area contributed by atoms with Crippen LogP contribution in [-0.4, -0.2) is 47.0 Å². The smallest absolute Gasteiger partial charge is 0.260 e. The molecule has 3 heterocycles. The van der Waals surface area contributed by atoms with Gasteiger partial charge >= 0.3 is 0 Å². The fraction of sp³-hybridized carbons (Fsp3) is 0.320. The van der Waals surface area contributed by atoms with Crippen LogP contribution in [0.5, 0.6) is 5.75 Å². The minimum Gasteiger partial charge on any atom is -0.484 e. The summed E-state index contributed by atoms with van der Waals surface area (Å²) in [5.74, 6) is 2.91. The van der Waals surface area contributed by atoms with Gasteiger partial charge in [0.25, 0.3) is 5.91 Å². The maximum absolute atomic E-state index is 13.4. The molecule has 1 N–H and O–H groups in total. The van der Waals surface area contributed by atoms with Crippen molar-refractivity contribution in [1.82, 2.24) is 9.88 Å². The van der Waals surface area contributed by atoms with E-state index >= 15 is 0 Å². The van der Waals surface area contributed by atoms with Gasteiger partial charge in [-0.1, -0.05) is 18.2 Å². The second-order valence-corrected chi connectivity index (χ2v) is 10.7. The zero-order chi connectivity index (χ0) is 21.9. The number of carbonyl (C=O) groups is 1. The summed E-state index contributed by atoms with van der Waals surface area (Å²) >= 11 is 3.99. The van der Waals surface area contributed by atoms with Gasteiger partial charge in [0, 0.05) is 35.8 Å². The summed E-state index contributed by atoms with van der Waals surface area (Å²) in [5.41, 5.74) is 4.37. The van der Waals surface area contributed by atoms with Crippen molar-refractivity contribution in [2.75, 3.05) is 31.2 Å². The van der Waals surface area contributed by atoms with Gasteiger partial charge in [-0.3, -0.25) is 4.79 Å². The van der Waals surface area contributed by atoms with Crippen LogP contribution in [-0.2, 0) is 4.79 Å². The Bertz CT molecular complexity index is 1140. The molecule has 5 rings (SSSR count). The third kappa shape index (κ3) is 4.69. The van der Waals surface area contributed by atoms with Crippen molar-refractivity contribution in [2.24, 2.45) is 0 Å². The van der Waals surface area contributed by atoms with Gasteiger partial charge in [-0.15, -0.1) is 23.5 Å². The topological polar surface area (TPSA) is 45.3 Å². The molecule has 166 valence electrons. The van der Waals surface area contributed by atoms with E-state index in [9.17, 15) is 9.18 Å². The first-order chi connectivity index (χ1) is 15.7. The van der Waals surface area contributed by atoms with Crippen LogP contribution in [0.25, 0.3) is 16.5 Å². The number of ether oxygens (including phenoxy) is 1. The number of H-pyrrole nitrogens is 1. The van der Waals surface area contributed by atoms with E-state index in [1.54, 1.807) is 6.07 Å². The number of hydrogen-bond donors (Lipinski definition) is 1. The summed E-state index contributed by atoms with van der Waals surface area (Å²) in [6, 6.07) is 12.9. The number of carbonyl (C=O) groups excluding carboxylic acids is 1. The average molecular weight is 469 g/mol. The van der Waals surface area contributed by atoms with E-state index in [1.165, 1.54) is 41.2 Å². The van der Waals surface area contributed by atoms with Gasteiger partial charge in [0.1, 0.15) is 11.6 Å². The zero-order valence-corrected chi connectivity index (χ0v) is 19.3. The number of nitrogens with one attached hydrogen (secondary N) is 1. The van der Waals surface area contributed by atoms with Gasteiger partial charge in [0.2, 0.25) is 0 Å². The van der Waals surface area contributed by atoms with Crippen LogP contribution in [0.2, 0.25) is 0 Å². The number of aromatic amines is 1. The normalized spacial score (nSPS) is 17.4. The Labute approximate surface area is 195 Å². The maximum atomic E-state index is 13.4. The molecule has 2 aromatic carbocycles. The van der Waals surface area contributed by atoms with Crippen LogP contribution < -0.4 is 4.74 Å². The zero-order valence-electron chi connectivity index (χ0n) is 17.7. The number of nitrogens with zero attached hydrogens (tertiary/aromatic N) is 1. The fourth-order valence-electron chi connectivity index (χ4n) is 4.14. The summed E-state index contributed by atoms with van der Waals surface area (Å²) in [7, 11) is 0. The van der Waals surface area contributed by atoms with Crippen molar-refractivity contribution in [2.45, 2.75) is 17.4 Å². The van der Waals surface area contributed by atoms with Crippen molar-refractivity contribution in [3.8, 4) is 5.75 Å². The van der Waals surface area contributed by atoms with E-state index in [2.05, 4.69) is 23.2 Å². The van der Waals surface area contributed by atoms with Crippen LogP contribution in [0.3, 0.4) is 0 Å². The first-order valence-corrected chi connectivity index (χ1v) is 13.0. The van der Waals surface area contributed by atoms with Crippen LogP contribution in [0.4, 0.5) is 4.39 Å². The van der Waals surface area contributed by atoms with Crippen molar-refractivity contribution >= 4 is 45.9 Å². The number of amides is 1. The minimum atomic E-state index is -0.248. The lowest BCUT2D eigenvalue weighted by Crippen LogP contribution is -2.37. The molecule has 2 aliphatic rings. The van der Waals surface area contributed by atoms with Crippen molar-refractivity contribution in [1.29, 1.82) is 0 Å². The number of benzene rings is 2. The number of hydrogen-bond acceptors (Lipinski definition) is 4. The van der Waals surface area contributed by atoms with E-state index in [0.29, 0.717) is 17.7 Å². The van der Waals surface area contributed by atoms with Crippen LogP contribution in [0, 0.1) is 5.82 Å². The van der Waals surface area contributed by atoms with Crippen LogP contribution in [0.1, 0.15) is 28.6 Å². The Morgan fingerprint density at radius 1 is 1.16 bits per heavy atom. The molecule has 1 amide bonds. The molecule has 0 atom stereocenters. The molecule has 3 aromatic rings. The Balaban J connectivity index is 1.16. The van der Waals surface area contributed by atoms with Gasteiger partial charge < -0.3 is 14.6 Å². The standard InChI is InChI=1S/C25H25FN2O2S2/c26-19-4-7-21-22(15-27-23(21)14-19)17-8-10-28(11-9-17)24(29)16-30-20-5-2-18(3-6-20)25-31-12-1-13-32-25/h2-8,14-15,25,27H,1,9-13,16H2. The highest BCUT2D eigenvalue weighted by Gasteiger charge is 2.20. The monoisotopic (exact) mass is 468 g/mol. The van der Waals surface area contributed by atoms with E-state index < -0.39 is 0 Å². The fourth-order valence-corrected chi connectivity index (χ4v) is 7.04. The molecular formula is C25H25FN2O2S2. The van der Waals surface area contributed by atoms with Gasteiger partial charge in [-0.2, -0.15) is 0 Å². The molecule has 1 aromatic heterocycles. The molecule has 4 nitrogen and oxygen atoms in total. The third-order valence-electron chi connectivity index (χ3n) is 5.89. The Kier molecular flexibility index (Phi) is 6.46. The highest BCUT2D eigenvalue weighted by molar-refractivity contribution is 8.16. The van der Waals surface area contributed by atoms with Gasteiger partial charge in [-0.05, 0) is 65.8 Å². The average Bonchev–Trinajstić information content (AvgIpc) is 3.26. The lowest BCUT2D eigenvalue weighted by molar-refractivity contribution is -0.132. The van der Waals surface area contributed by atoms with E-state index in [1.807, 2.05) is 46.8 Å². The molecule has 1 fully saturated rings. The molecule has 0 spiro atoms. The van der Waals surface area contributed by atoms with Gasteiger partial charge in [0.05, 0.1) is 4.58 Å². The van der Waals surface area contributed by atoms with E-state index in [4.69, 9.17) is 4.74 Å². The van der Waals surface area contributed by atoms with Crippen LogP contribution in [0.15, 0.2) is 54.7 Å². The molecule has 0 aliphatic carbocycles. The SMILES string of the molecule is O=C(COc1ccc(C2SCCCS2)cc1)N1CC=C(c2c[nH]c3cc(F)ccc23)CC1. The summed E-state index contributed by atoms with van der Waals surface area (Å²) < 4.78 is 19.7. The number of aromatic nitrogens is 1. The quantitative estimate of drug-likeness (QED) is 0.509. The number of fused-ring (bicyclic) bond motifs is 1. The van der Waals surface area contributed by atoms with Crippen LogP contribution >= 0.6 is 23.5 Å².